The number of anilines is 1. The van der Waals surface area contributed by atoms with Gasteiger partial charge in [0.25, 0.3) is 0 Å². The van der Waals surface area contributed by atoms with E-state index in [0.717, 1.165) is 6.92 Å². The van der Waals surface area contributed by atoms with Crippen molar-refractivity contribution in [2.45, 2.75) is 143 Å². The molecule has 20 atom stereocenters. The second-order valence-corrected chi connectivity index (χ2v) is 14.2. The predicted octanol–water partition coefficient (Wildman–Crippen LogP) is -6.31. The molecular weight excluding hydrogens is 754 g/mol. The summed E-state index contributed by atoms with van der Waals surface area (Å²) in [5.74, 6) is -1.28. The molecule has 22 heteroatoms. The fourth-order valence-electron chi connectivity index (χ4n) is 7.04. The van der Waals surface area contributed by atoms with E-state index < -0.39 is 154 Å². The molecule has 0 bridgehead atoms. The maximum atomic E-state index is 12.5. The topological polar surface area (TPSA) is 337 Å². The highest BCUT2D eigenvalue weighted by molar-refractivity contribution is 5.73. The van der Waals surface area contributed by atoms with Crippen LogP contribution < -0.4 is 16.0 Å². The summed E-state index contributed by atoms with van der Waals surface area (Å²) in [5.41, 5.74) is 0.525. The van der Waals surface area contributed by atoms with Gasteiger partial charge in [-0.3, -0.25) is 9.59 Å². The first-order valence-corrected chi connectivity index (χ1v) is 18.1. The normalized spacial score (nSPS) is 44.4. The van der Waals surface area contributed by atoms with Gasteiger partial charge >= 0.3 is 0 Å². The molecule has 16 unspecified atom stereocenters. The van der Waals surface area contributed by atoms with Crippen LogP contribution >= 0.6 is 0 Å². The molecule has 13 N–H and O–H groups in total. The van der Waals surface area contributed by atoms with Crippen molar-refractivity contribution in [3.8, 4) is 0 Å². The molecule has 0 radical (unpaired) electrons. The summed E-state index contributed by atoms with van der Waals surface area (Å²) < 4.78 is 41.1. The number of aliphatic hydroxyl groups excluding tert-OH is 10. The molecule has 318 valence electrons. The molecule has 22 nitrogen and oxygen atoms in total. The van der Waals surface area contributed by atoms with Crippen LogP contribution in [0.1, 0.15) is 20.8 Å². The SMILES string of the molecule is CC(=O)NC1C(Nc2ccccc2)OC(COC2O[C@@H](C)[C@@H](O)[C@@H](O)[C@@H]2O)C(OC2OC(CO)C(OC3OC(CO)C(O)C(O)C3O)C(O)C2NC(C)=O)C1O. The first-order chi connectivity index (χ1) is 26.6. The summed E-state index contributed by atoms with van der Waals surface area (Å²) in [6, 6.07) is 5.81. The van der Waals surface area contributed by atoms with E-state index in [1.54, 1.807) is 30.3 Å². The van der Waals surface area contributed by atoms with Gasteiger partial charge in [0, 0.05) is 19.5 Å². The van der Waals surface area contributed by atoms with Crippen LogP contribution in [0.15, 0.2) is 30.3 Å². The van der Waals surface area contributed by atoms with E-state index >= 15 is 0 Å². The number of hydrogen-bond acceptors (Lipinski definition) is 20. The number of amides is 2. The van der Waals surface area contributed by atoms with Crippen LogP contribution in [-0.4, -0.2) is 205 Å². The summed E-state index contributed by atoms with van der Waals surface area (Å²) in [5, 5.41) is 114. The lowest BCUT2D eigenvalue weighted by Gasteiger charge is -2.50. The number of carbonyl (C=O) groups is 2. The molecule has 4 fully saturated rings. The number of rotatable bonds is 13. The second-order valence-electron chi connectivity index (χ2n) is 14.2. The monoisotopic (exact) mass is 807 g/mol. The first-order valence-electron chi connectivity index (χ1n) is 18.1. The van der Waals surface area contributed by atoms with Gasteiger partial charge < -0.3 is 100 Å². The third-order valence-corrected chi connectivity index (χ3v) is 10.1. The fourth-order valence-corrected chi connectivity index (χ4v) is 7.04. The molecule has 1 aromatic rings. The van der Waals surface area contributed by atoms with E-state index in [-0.39, 0.29) is 0 Å². The molecule has 0 aliphatic carbocycles. The molecule has 4 saturated heterocycles. The summed E-state index contributed by atoms with van der Waals surface area (Å²) in [6.07, 6.45) is -28.3. The summed E-state index contributed by atoms with van der Waals surface area (Å²) in [4.78, 5) is 24.9. The molecule has 4 aliphatic heterocycles. The van der Waals surface area contributed by atoms with E-state index in [2.05, 4.69) is 16.0 Å². The Morgan fingerprint density at radius 3 is 1.77 bits per heavy atom. The Hall–Kier alpha value is -2.72. The van der Waals surface area contributed by atoms with Gasteiger partial charge in [-0.05, 0) is 19.1 Å². The number of nitrogens with one attached hydrogen (secondary N) is 3. The Morgan fingerprint density at radius 2 is 1.14 bits per heavy atom. The Labute approximate surface area is 320 Å². The highest BCUT2D eigenvalue weighted by atomic mass is 16.7. The number of para-hydroxylation sites is 1. The van der Waals surface area contributed by atoms with Crippen LogP contribution in [0.25, 0.3) is 0 Å². The highest BCUT2D eigenvalue weighted by Crippen LogP contribution is 2.34. The van der Waals surface area contributed by atoms with Gasteiger partial charge in [0.1, 0.15) is 91.4 Å². The Balaban J connectivity index is 1.44. The molecule has 56 heavy (non-hydrogen) atoms. The smallest absolute Gasteiger partial charge is 0.217 e. The van der Waals surface area contributed by atoms with Crippen molar-refractivity contribution in [3.63, 3.8) is 0 Å². The molecule has 0 aromatic heterocycles. The van der Waals surface area contributed by atoms with Gasteiger partial charge in [0.2, 0.25) is 11.8 Å². The van der Waals surface area contributed by atoms with Gasteiger partial charge in [-0.15, -0.1) is 0 Å². The lowest BCUT2D eigenvalue weighted by atomic mass is 9.93. The quantitative estimate of drug-likeness (QED) is 0.0881. The summed E-state index contributed by atoms with van der Waals surface area (Å²) in [6.45, 7) is 1.57. The Morgan fingerprint density at radius 1 is 0.607 bits per heavy atom. The van der Waals surface area contributed by atoms with Gasteiger partial charge in [0.15, 0.2) is 25.1 Å². The van der Waals surface area contributed by atoms with Gasteiger partial charge in [-0.25, -0.2) is 0 Å². The van der Waals surface area contributed by atoms with Crippen LogP contribution in [0.3, 0.4) is 0 Å². The number of carbonyl (C=O) groups excluding carboxylic acids is 2. The molecule has 1 aromatic carbocycles. The van der Waals surface area contributed by atoms with Crippen molar-refractivity contribution in [2.24, 2.45) is 0 Å². The molecular formula is C34H53N3O19. The standard InChI is InChI=1S/C34H53N3O19/c1-12-21(42)25(46)27(48)33(51-12)50-11-18-30(23(44)19(35-13(2)40)31(52-18)37-15-7-5-4-6-8-15)55-32-20(36-14(3)41)24(45)29(17(10-39)54-32)56-34-28(49)26(47)22(43)16(9-38)53-34/h4-8,12,16-34,37-39,42-49H,9-11H2,1-3H3,(H,35,40)(H,36,41)/t12-,16?,17?,18?,19?,20?,21+,22?,23?,24?,25+,26?,27-,28?,29?,30?,31?,32?,33?,34?/m0/s1. The largest absolute Gasteiger partial charge is 0.394 e. The summed E-state index contributed by atoms with van der Waals surface area (Å²) in [7, 11) is 0. The lowest BCUT2D eigenvalue weighted by Crippen LogP contribution is -2.71. The Bertz CT molecular complexity index is 1420. The maximum absolute atomic E-state index is 12.5. The van der Waals surface area contributed by atoms with Crippen molar-refractivity contribution < 1.29 is 93.8 Å². The average molecular weight is 808 g/mol. The van der Waals surface area contributed by atoms with E-state index in [1.165, 1.54) is 13.8 Å². The van der Waals surface area contributed by atoms with Crippen molar-refractivity contribution in [1.29, 1.82) is 0 Å². The fraction of sp³-hybridized carbons (Fsp3) is 0.765. The zero-order valence-corrected chi connectivity index (χ0v) is 30.7. The molecule has 4 aliphatic rings. The number of aliphatic hydroxyl groups is 10. The van der Waals surface area contributed by atoms with Crippen molar-refractivity contribution >= 4 is 17.5 Å². The number of benzene rings is 1. The van der Waals surface area contributed by atoms with E-state index in [0.29, 0.717) is 5.69 Å². The molecule has 4 heterocycles. The van der Waals surface area contributed by atoms with Crippen LogP contribution in [0.4, 0.5) is 5.69 Å². The van der Waals surface area contributed by atoms with Crippen LogP contribution in [0.2, 0.25) is 0 Å². The van der Waals surface area contributed by atoms with E-state index in [1.807, 2.05) is 0 Å². The zero-order chi connectivity index (χ0) is 41.0. The predicted molar refractivity (Wildman–Crippen MR) is 184 cm³/mol. The third kappa shape index (κ3) is 9.93. The first kappa shape index (κ1) is 44.4. The number of ether oxygens (including phenoxy) is 7. The van der Waals surface area contributed by atoms with E-state index in [4.69, 9.17) is 33.2 Å². The maximum Gasteiger partial charge on any atom is 0.217 e. The minimum atomic E-state index is -1.90. The zero-order valence-electron chi connectivity index (χ0n) is 30.7. The van der Waals surface area contributed by atoms with Crippen LogP contribution in [0.5, 0.6) is 0 Å². The van der Waals surface area contributed by atoms with Gasteiger partial charge in [0.05, 0.1) is 25.9 Å². The molecule has 5 rings (SSSR count). The highest BCUT2D eigenvalue weighted by Gasteiger charge is 2.55. The van der Waals surface area contributed by atoms with Crippen LogP contribution in [-0.2, 0) is 42.7 Å². The van der Waals surface area contributed by atoms with Crippen molar-refractivity contribution in [3.05, 3.63) is 30.3 Å². The Kier molecular flexibility index (Phi) is 15.3. The van der Waals surface area contributed by atoms with Crippen molar-refractivity contribution in [2.75, 3.05) is 25.1 Å². The molecule has 2 amide bonds. The van der Waals surface area contributed by atoms with Crippen LogP contribution in [0, 0.1) is 0 Å². The van der Waals surface area contributed by atoms with Crippen molar-refractivity contribution in [1.82, 2.24) is 10.6 Å². The van der Waals surface area contributed by atoms with E-state index in [9.17, 15) is 60.7 Å². The van der Waals surface area contributed by atoms with Gasteiger partial charge in [-0.1, -0.05) is 18.2 Å². The average Bonchev–Trinajstić information content (AvgIpc) is 3.16. The minimum Gasteiger partial charge on any atom is -0.394 e. The second kappa shape index (κ2) is 19.4. The number of hydrogen-bond donors (Lipinski definition) is 13. The molecule has 0 spiro atoms. The molecule has 0 saturated carbocycles. The summed E-state index contributed by atoms with van der Waals surface area (Å²) >= 11 is 0. The third-order valence-electron chi connectivity index (χ3n) is 10.1. The minimum absolute atomic E-state index is 0.525. The lowest BCUT2D eigenvalue weighted by molar-refractivity contribution is -0.359. The van der Waals surface area contributed by atoms with Gasteiger partial charge in [-0.2, -0.15) is 0 Å².